The first-order valence-corrected chi connectivity index (χ1v) is 13.9. The van der Waals surface area contributed by atoms with Crippen molar-refractivity contribution in [3.05, 3.63) is 71.6 Å². The fourth-order valence-electron chi connectivity index (χ4n) is 5.18. The summed E-state index contributed by atoms with van der Waals surface area (Å²) < 4.78 is 7.30. The second kappa shape index (κ2) is 9.45. The molecule has 3 aromatic rings. The van der Waals surface area contributed by atoms with Crippen LogP contribution in [-0.4, -0.2) is 24.4 Å². The van der Waals surface area contributed by atoms with Crippen molar-refractivity contribution >= 4 is 41.8 Å². The van der Waals surface area contributed by atoms with E-state index in [0.29, 0.717) is 5.69 Å². The molecule has 4 rings (SSSR count). The number of nitrogens with two attached hydrogens (primary N) is 2. The molecule has 1 heterocycles. The molecular weight excluding hydrogens is 448 g/mol. The summed E-state index contributed by atoms with van der Waals surface area (Å²) in [4.78, 5) is 8.38. The van der Waals surface area contributed by atoms with Gasteiger partial charge in [0, 0.05) is 12.0 Å². The van der Waals surface area contributed by atoms with Crippen molar-refractivity contribution in [2.24, 2.45) is 0 Å². The monoisotopic (exact) mass is 480 g/mol. The molecule has 1 aromatic heterocycles. The van der Waals surface area contributed by atoms with E-state index in [9.17, 15) is 0 Å². The minimum absolute atomic E-state index is 0.0361. The number of halogens is 1. The van der Waals surface area contributed by atoms with Crippen molar-refractivity contribution in [3.63, 3.8) is 0 Å². The summed E-state index contributed by atoms with van der Waals surface area (Å²) in [5.74, 6) is 0.475. The van der Waals surface area contributed by atoms with Crippen molar-refractivity contribution in [1.82, 2.24) is 9.97 Å². The fourth-order valence-corrected chi connectivity index (χ4v) is 10.1. The van der Waals surface area contributed by atoms with Gasteiger partial charge in [-0.2, -0.15) is 4.98 Å². The minimum Gasteiger partial charge on any atom is -0.404 e. The predicted molar refractivity (Wildman–Crippen MR) is 140 cm³/mol. The normalized spacial score (nSPS) is 19.4. The quantitative estimate of drug-likeness (QED) is 0.400. The van der Waals surface area contributed by atoms with Gasteiger partial charge in [0.25, 0.3) is 8.32 Å². The van der Waals surface area contributed by atoms with Crippen LogP contribution >= 0.6 is 11.6 Å². The van der Waals surface area contributed by atoms with Crippen LogP contribution in [0.4, 0.5) is 11.5 Å². The number of benzene rings is 2. The molecule has 0 saturated heterocycles. The molecule has 5 nitrogen and oxygen atoms in total. The van der Waals surface area contributed by atoms with Crippen LogP contribution in [0.2, 0.25) is 10.3 Å². The van der Waals surface area contributed by atoms with E-state index < -0.39 is 8.32 Å². The molecule has 0 amide bonds. The third-order valence-corrected chi connectivity index (χ3v) is 12.1. The van der Waals surface area contributed by atoms with Crippen molar-refractivity contribution in [2.45, 2.75) is 63.5 Å². The fraction of sp³-hybridized carbons (Fsp3) is 0.385. The van der Waals surface area contributed by atoms with Gasteiger partial charge in [0.15, 0.2) is 5.82 Å². The number of aromatic nitrogens is 2. The Bertz CT molecular complexity index is 1040. The number of nitrogen functional groups attached to an aromatic ring is 2. The van der Waals surface area contributed by atoms with Crippen LogP contribution in [0, 0.1) is 0 Å². The van der Waals surface area contributed by atoms with Crippen molar-refractivity contribution < 1.29 is 4.43 Å². The number of hydrogen-bond acceptors (Lipinski definition) is 5. The first-order valence-electron chi connectivity index (χ1n) is 11.6. The highest BCUT2D eigenvalue weighted by Crippen LogP contribution is 2.42. The van der Waals surface area contributed by atoms with E-state index in [1.54, 1.807) is 0 Å². The van der Waals surface area contributed by atoms with Gasteiger partial charge in [0.05, 0.1) is 11.4 Å². The lowest BCUT2D eigenvalue weighted by Crippen LogP contribution is -2.67. The van der Waals surface area contributed by atoms with E-state index in [1.807, 2.05) is 0 Å². The second-order valence-corrected chi connectivity index (χ2v) is 14.5. The number of rotatable bonds is 5. The number of nitrogens with zero attached hydrogens (tertiary/aromatic N) is 2. The van der Waals surface area contributed by atoms with Crippen LogP contribution in [0.5, 0.6) is 0 Å². The highest BCUT2D eigenvalue weighted by atomic mass is 35.5. The Morgan fingerprint density at radius 3 is 1.85 bits per heavy atom. The molecule has 0 spiro atoms. The molecule has 0 atom stereocenters. The van der Waals surface area contributed by atoms with Crippen LogP contribution in [0.1, 0.15) is 58.1 Å². The summed E-state index contributed by atoms with van der Waals surface area (Å²) in [5, 5.41) is 2.74. The lowest BCUT2D eigenvalue weighted by atomic mass is 9.84. The molecule has 33 heavy (non-hydrogen) atoms. The summed E-state index contributed by atoms with van der Waals surface area (Å²) in [6, 6.07) is 21.6. The largest absolute Gasteiger partial charge is 0.404 e. The van der Waals surface area contributed by atoms with Crippen LogP contribution in [0.15, 0.2) is 60.7 Å². The van der Waals surface area contributed by atoms with Gasteiger partial charge in [0.1, 0.15) is 0 Å². The van der Waals surface area contributed by atoms with Gasteiger partial charge >= 0.3 is 0 Å². The van der Waals surface area contributed by atoms with Gasteiger partial charge in [0.2, 0.25) is 5.28 Å². The summed E-state index contributed by atoms with van der Waals surface area (Å²) in [6.45, 7) is 6.95. The zero-order valence-corrected chi connectivity index (χ0v) is 21.3. The summed E-state index contributed by atoms with van der Waals surface area (Å²) >= 11 is 6.07. The predicted octanol–water partition coefficient (Wildman–Crippen LogP) is 4.90. The van der Waals surface area contributed by atoms with Crippen molar-refractivity contribution in [1.29, 1.82) is 0 Å². The minimum atomic E-state index is -2.56. The Labute approximate surface area is 202 Å². The highest BCUT2D eigenvalue weighted by molar-refractivity contribution is 6.99. The lowest BCUT2D eigenvalue weighted by Gasteiger charge is -2.46. The third kappa shape index (κ3) is 4.65. The zero-order chi connectivity index (χ0) is 23.6. The first-order chi connectivity index (χ1) is 15.7. The van der Waals surface area contributed by atoms with Crippen molar-refractivity contribution in [3.8, 4) is 0 Å². The summed E-state index contributed by atoms with van der Waals surface area (Å²) in [6.07, 6.45) is 3.91. The van der Waals surface area contributed by atoms with Gasteiger partial charge in [-0.25, -0.2) is 4.98 Å². The van der Waals surface area contributed by atoms with Crippen LogP contribution in [0.25, 0.3) is 0 Å². The van der Waals surface area contributed by atoms with Crippen LogP contribution in [0.3, 0.4) is 0 Å². The Morgan fingerprint density at radius 1 is 0.848 bits per heavy atom. The smallest absolute Gasteiger partial charge is 0.261 e. The Kier molecular flexibility index (Phi) is 6.80. The maximum absolute atomic E-state index is 7.30. The Balaban J connectivity index is 1.64. The maximum Gasteiger partial charge on any atom is 0.261 e. The molecule has 0 bridgehead atoms. The molecule has 0 radical (unpaired) electrons. The molecule has 0 unspecified atom stereocenters. The topological polar surface area (TPSA) is 87.0 Å². The van der Waals surface area contributed by atoms with E-state index in [4.69, 9.17) is 27.5 Å². The highest BCUT2D eigenvalue weighted by Gasteiger charge is 2.51. The molecule has 0 aliphatic heterocycles. The van der Waals surface area contributed by atoms with Crippen LogP contribution < -0.4 is 21.8 Å². The molecular formula is C26H33ClN4OSi. The van der Waals surface area contributed by atoms with E-state index in [1.165, 1.54) is 10.4 Å². The SMILES string of the molecule is CC(C)(C)[Si](O[C@H]1CC[C@H](c2nc(Cl)nc(N)c2N)CC1)(c1ccccc1)c1ccccc1. The van der Waals surface area contributed by atoms with E-state index in [0.717, 1.165) is 31.4 Å². The van der Waals surface area contributed by atoms with Crippen LogP contribution in [-0.2, 0) is 4.43 Å². The van der Waals surface area contributed by atoms with Gasteiger partial charge < -0.3 is 15.9 Å². The van der Waals surface area contributed by atoms with Gasteiger partial charge in [-0.3, -0.25) is 0 Å². The molecule has 1 saturated carbocycles. The molecule has 174 valence electrons. The average molecular weight is 481 g/mol. The van der Waals surface area contributed by atoms with Gasteiger partial charge in [-0.05, 0) is 52.7 Å². The van der Waals surface area contributed by atoms with E-state index in [2.05, 4.69) is 91.4 Å². The standard InChI is InChI=1S/C26H33ClN4OSi/c1-26(2,3)33(20-10-6-4-7-11-20,21-12-8-5-9-13-21)32-19-16-14-18(15-17-19)23-22(28)24(29)31-25(27)30-23/h4-13,18-19H,14-17,28H2,1-3H3,(H2,29,30,31)/t18-,19-. The Hall–Kier alpha value is -2.41. The molecule has 2 aromatic carbocycles. The van der Waals surface area contributed by atoms with Crippen molar-refractivity contribution in [2.75, 3.05) is 11.5 Å². The molecule has 7 heteroatoms. The van der Waals surface area contributed by atoms with E-state index in [-0.39, 0.29) is 28.2 Å². The zero-order valence-electron chi connectivity index (χ0n) is 19.6. The number of hydrogen-bond donors (Lipinski definition) is 2. The third-order valence-electron chi connectivity index (χ3n) is 6.80. The molecule has 1 aliphatic rings. The molecule has 1 fully saturated rings. The summed E-state index contributed by atoms with van der Waals surface area (Å²) in [5.41, 5.74) is 13.4. The Morgan fingerprint density at radius 2 is 1.36 bits per heavy atom. The molecule has 1 aliphatic carbocycles. The first kappa shape index (κ1) is 23.7. The maximum atomic E-state index is 7.30. The summed E-state index contributed by atoms with van der Waals surface area (Å²) in [7, 11) is -2.56. The number of anilines is 2. The second-order valence-electron chi connectivity index (χ2n) is 9.93. The molecule has 4 N–H and O–H groups in total. The van der Waals surface area contributed by atoms with Gasteiger partial charge in [-0.15, -0.1) is 0 Å². The van der Waals surface area contributed by atoms with Gasteiger partial charge in [-0.1, -0.05) is 81.4 Å². The average Bonchev–Trinajstić information content (AvgIpc) is 2.80. The van der Waals surface area contributed by atoms with E-state index >= 15 is 0 Å². The lowest BCUT2D eigenvalue weighted by molar-refractivity contribution is 0.135.